The molecule has 1 unspecified atom stereocenters. The molecule has 2 aromatic rings. The molecule has 5 heteroatoms. The Balaban J connectivity index is 1.87. The van der Waals surface area contributed by atoms with Crippen LogP contribution >= 0.6 is 15.9 Å². The van der Waals surface area contributed by atoms with E-state index >= 15 is 0 Å². The number of aliphatic imine (C=N–C) groups is 2. The normalized spacial score (nSPS) is 19.6. The summed E-state index contributed by atoms with van der Waals surface area (Å²) in [7, 11) is 1.64. The fourth-order valence-corrected chi connectivity index (χ4v) is 3.91. The van der Waals surface area contributed by atoms with Crippen molar-refractivity contribution in [1.29, 1.82) is 0 Å². The molecule has 0 bridgehead atoms. The minimum absolute atomic E-state index is 0.0379. The first kappa shape index (κ1) is 17.2. The van der Waals surface area contributed by atoms with E-state index in [0.717, 1.165) is 33.4 Å². The maximum Gasteiger partial charge on any atom is 0.213 e. The molecule has 2 aliphatic rings. The van der Waals surface area contributed by atoms with Gasteiger partial charge < -0.3 is 4.74 Å². The van der Waals surface area contributed by atoms with Crippen LogP contribution in [0.5, 0.6) is 0 Å². The second-order valence-electron chi connectivity index (χ2n) is 6.35. The molecule has 3 nitrogen and oxygen atoms in total. The van der Waals surface area contributed by atoms with Crippen molar-refractivity contribution in [2.24, 2.45) is 9.98 Å². The molecule has 0 aromatic heterocycles. The van der Waals surface area contributed by atoms with Crippen LogP contribution in [0.25, 0.3) is 0 Å². The van der Waals surface area contributed by atoms with Crippen LogP contribution in [0.15, 0.2) is 74.3 Å². The summed E-state index contributed by atoms with van der Waals surface area (Å²) in [4.78, 5) is 9.38. The van der Waals surface area contributed by atoms with E-state index in [4.69, 9.17) is 9.73 Å². The van der Waals surface area contributed by atoms with Gasteiger partial charge in [0, 0.05) is 34.5 Å². The summed E-state index contributed by atoms with van der Waals surface area (Å²) in [6.45, 7) is 0.650. The van der Waals surface area contributed by atoms with E-state index in [1.165, 1.54) is 6.07 Å². The van der Waals surface area contributed by atoms with Gasteiger partial charge in [-0.3, -0.25) is 9.98 Å². The van der Waals surface area contributed by atoms with Gasteiger partial charge in [-0.2, -0.15) is 0 Å². The van der Waals surface area contributed by atoms with Crippen molar-refractivity contribution in [2.45, 2.75) is 18.8 Å². The van der Waals surface area contributed by atoms with Gasteiger partial charge in [-0.25, -0.2) is 4.39 Å². The average Bonchev–Trinajstić information content (AvgIpc) is 2.67. The van der Waals surface area contributed by atoms with Gasteiger partial charge in [0.25, 0.3) is 0 Å². The highest BCUT2D eigenvalue weighted by molar-refractivity contribution is 9.10. The molecule has 2 heterocycles. The van der Waals surface area contributed by atoms with Crippen molar-refractivity contribution < 1.29 is 9.13 Å². The van der Waals surface area contributed by atoms with E-state index in [9.17, 15) is 4.39 Å². The number of hydrogen-bond acceptors (Lipinski definition) is 3. The van der Waals surface area contributed by atoms with Gasteiger partial charge >= 0.3 is 0 Å². The zero-order valence-electron chi connectivity index (χ0n) is 14.4. The summed E-state index contributed by atoms with van der Waals surface area (Å²) in [6.07, 6.45) is 1.46. The smallest absolute Gasteiger partial charge is 0.213 e. The molecule has 2 aromatic carbocycles. The molecule has 0 saturated heterocycles. The Morgan fingerprint density at radius 3 is 2.69 bits per heavy atom. The molecule has 0 radical (unpaired) electrons. The van der Waals surface area contributed by atoms with Crippen molar-refractivity contribution in [3.63, 3.8) is 0 Å². The third kappa shape index (κ3) is 3.12. The van der Waals surface area contributed by atoms with Gasteiger partial charge in [-0.05, 0) is 30.2 Å². The molecule has 0 N–H and O–H groups in total. The highest BCUT2D eigenvalue weighted by atomic mass is 79.9. The summed E-state index contributed by atoms with van der Waals surface area (Å²) in [5, 5.41) is 0. The lowest BCUT2D eigenvalue weighted by atomic mass is 9.81. The molecular weight excluding hydrogens is 395 g/mol. The Morgan fingerprint density at radius 1 is 1.15 bits per heavy atom. The standard InChI is InChI=1S/C21H18BrFN2O/c1-26-21-17-12-16(13-5-3-2-4-6-13)20(25-19(17)9-10-24-21)15-8-7-14(22)11-18(15)23/h2-8,11,16H,9-10,12H2,1H3. The Bertz CT molecular complexity index is 934. The second kappa shape index (κ2) is 7.16. The van der Waals surface area contributed by atoms with Gasteiger partial charge in [0.05, 0.1) is 18.5 Å². The SMILES string of the molecule is COC1=NCCC2=C1CC(c1ccccc1)C(c1ccc(Br)cc1F)=N2. The van der Waals surface area contributed by atoms with E-state index < -0.39 is 0 Å². The first-order chi connectivity index (χ1) is 12.7. The van der Waals surface area contributed by atoms with Crippen molar-refractivity contribution in [2.75, 3.05) is 13.7 Å². The number of halogens is 2. The van der Waals surface area contributed by atoms with E-state index in [-0.39, 0.29) is 11.7 Å². The van der Waals surface area contributed by atoms with Crippen LogP contribution in [-0.2, 0) is 4.74 Å². The fraction of sp³-hybridized carbons (Fsp3) is 0.238. The lowest BCUT2D eigenvalue weighted by molar-refractivity contribution is 0.396. The quantitative estimate of drug-likeness (QED) is 0.661. The zero-order chi connectivity index (χ0) is 18.1. The Kier molecular flexibility index (Phi) is 4.72. The van der Waals surface area contributed by atoms with Crippen molar-refractivity contribution in [3.8, 4) is 0 Å². The fourth-order valence-electron chi connectivity index (χ4n) is 3.58. The summed E-state index contributed by atoms with van der Waals surface area (Å²) in [5.74, 6) is 0.356. The van der Waals surface area contributed by atoms with E-state index in [0.29, 0.717) is 24.4 Å². The predicted molar refractivity (Wildman–Crippen MR) is 105 cm³/mol. The Labute approximate surface area is 160 Å². The highest BCUT2D eigenvalue weighted by Gasteiger charge is 2.32. The van der Waals surface area contributed by atoms with Crippen LogP contribution in [0, 0.1) is 5.82 Å². The molecule has 0 amide bonds. The van der Waals surface area contributed by atoms with Crippen molar-refractivity contribution in [3.05, 3.63) is 81.2 Å². The number of rotatable bonds is 2. The third-order valence-electron chi connectivity index (χ3n) is 4.81. The molecule has 2 aliphatic heterocycles. The maximum absolute atomic E-state index is 14.7. The minimum atomic E-state index is -0.264. The number of dihydropyridines is 1. The number of hydrogen-bond donors (Lipinski definition) is 0. The van der Waals surface area contributed by atoms with Crippen molar-refractivity contribution in [1.82, 2.24) is 0 Å². The monoisotopic (exact) mass is 412 g/mol. The van der Waals surface area contributed by atoms with Gasteiger partial charge in [-0.1, -0.05) is 46.3 Å². The van der Waals surface area contributed by atoms with Crippen LogP contribution in [-0.4, -0.2) is 25.3 Å². The molecular formula is C21H18BrFN2O. The lowest BCUT2D eigenvalue weighted by Gasteiger charge is -2.29. The largest absolute Gasteiger partial charge is 0.481 e. The molecule has 0 aliphatic carbocycles. The van der Waals surface area contributed by atoms with Crippen LogP contribution in [0.1, 0.15) is 29.9 Å². The number of ether oxygens (including phenoxy) is 1. The molecule has 0 fully saturated rings. The topological polar surface area (TPSA) is 34.0 Å². The van der Waals surface area contributed by atoms with Crippen LogP contribution in [0.2, 0.25) is 0 Å². The summed E-state index contributed by atoms with van der Waals surface area (Å²) in [5.41, 5.74) is 4.43. The number of methoxy groups -OCH3 is 1. The maximum atomic E-state index is 14.7. The van der Waals surface area contributed by atoms with Gasteiger partial charge in [0.1, 0.15) is 5.82 Å². The summed E-state index contributed by atoms with van der Waals surface area (Å²) < 4.78 is 20.9. The average molecular weight is 413 g/mol. The highest BCUT2D eigenvalue weighted by Crippen LogP contribution is 2.38. The van der Waals surface area contributed by atoms with E-state index in [2.05, 4.69) is 33.1 Å². The number of nitrogens with zero attached hydrogens (tertiary/aromatic N) is 2. The summed E-state index contributed by atoms with van der Waals surface area (Å²) in [6, 6.07) is 15.3. The predicted octanol–water partition coefficient (Wildman–Crippen LogP) is 5.27. The van der Waals surface area contributed by atoms with Crippen LogP contribution in [0.3, 0.4) is 0 Å². The zero-order valence-corrected chi connectivity index (χ0v) is 16.0. The number of benzene rings is 2. The molecule has 4 rings (SSSR count). The van der Waals surface area contributed by atoms with Crippen molar-refractivity contribution >= 4 is 27.5 Å². The van der Waals surface area contributed by atoms with E-state index in [1.807, 2.05) is 24.3 Å². The molecule has 26 heavy (non-hydrogen) atoms. The summed E-state index contributed by atoms with van der Waals surface area (Å²) >= 11 is 3.33. The Morgan fingerprint density at radius 2 is 1.96 bits per heavy atom. The van der Waals surface area contributed by atoms with Gasteiger partial charge in [0.2, 0.25) is 5.90 Å². The molecule has 0 spiro atoms. The van der Waals surface area contributed by atoms with E-state index in [1.54, 1.807) is 13.2 Å². The minimum Gasteiger partial charge on any atom is -0.481 e. The lowest BCUT2D eigenvalue weighted by Crippen LogP contribution is -2.26. The first-order valence-corrected chi connectivity index (χ1v) is 9.36. The molecule has 0 saturated carbocycles. The van der Waals surface area contributed by atoms with Crippen LogP contribution < -0.4 is 0 Å². The van der Waals surface area contributed by atoms with Gasteiger partial charge in [-0.15, -0.1) is 0 Å². The molecule has 132 valence electrons. The molecule has 1 atom stereocenters. The third-order valence-corrected chi connectivity index (χ3v) is 5.30. The second-order valence-corrected chi connectivity index (χ2v) is 7.27. The first-order valence-electron chi connectivity index (χ1n) is 8.57. The Hall–Kier alpha value is -2.27. The van der Waals surface area contributed by atoms with Crippen LogP contribution in [0.4, 0.5) is 4.39 Å². The van der Waals surface area contributed by atoms with Gasteiger partial charge in [0.15, 0.2) is 0 Å².